The number of hydrogen-bond acceptors (Lipinski definition) is 3. The average molecular weight is 251 g/mol. The monoisotopic (exact) mass is 251 g/mol. The summed E-state index contributed by atoms with van der Waals surface area (Å²) in [4.78, 5) is 16.8. The van der Waals surface area contributed by atoms with Crippen molar-refractivity contribution in [2.75, 3.05) is 5.73 Å². The van der Waals surface area contributed by atoms with Crippen molar-refractivity contribution in [3.63, 3.8) is 0 Å². The summed E-state index contributed by atoms with van der Waals surface area (Å²) in [6.45, 7) is 1.94. The van der Waals surface area contributed by atoms with Gasteiger partial charge >= 0.3 is 0 Å². The van der Waals surface area contributed by atoms with Crippen LogP contribution in [0.15, 0.2) is 53.6 Å². The molecular weight excluding hydrogens is 238 g/mol. The third kappa shape index (κ3) is 1.87. The Morgan fingerprint density at radius 2 is 1.95 bits per heavy atom. The zero-order chi connectivity index (χ0) is 13.4. The quantitative estimate of drug-likeness (QED) is 0.675. The van der Waals surface area contributed by atoms with Gasteiger partial charge in [0.25, 0.3) is 5.56 Å². The molecule has 0 fully saturated rings. The molecule has 3 rings (SSSR count). The van der Waals surface area contributed by atoms with Crippen molar-refractivity contribution < 1.29 is 0 Å². The van der Waals surface area contributed by atoms with Gasteiger partial charge in [-0.15, -0.1) is 0 Å². The van der Waals surface area contributed by atoms with Crippen LogP contribution in [0.2, 0.25) is 0 Å². The van der Waals surface area contributed by atoms with Gasteiger partial charge in [-0.05, 0) is 36.8 Å². The maximum Gasteiger partial charge on any atom is 0.265 e. The number of aromatic nitrogens is 2. The molecule has 0 aliphatic heterocycles. The van der Waals surface area contributed by atoms with E-state index in [0.717, 1.165) is 11.3 Å². The molecule has 2 N–H and O–H groups in total. The van der Waals surface area contributed by atoms with Crippen LogP contribution in [0.4, 0.5) is 5.69 Å². The zero-order valence-corrected chi connectivity index (χ0v) is 10.5. The lowest BCUT2D eigenvalue weighted by Crippen LogP contribution is -2.19. The largest absolute Gasteiger partial charge is 0.399 e. The summed E-state index contributed by atoms with van der Waals surface area (Å²) < 4.78 is 1.54. The molecule has 0 saturated carbocycles. The number of hydrogen-bond donors (Lipinski definition) is 1. The van der Waals surface area contributed by atoms with Crippen molar-refractivity contribution in [1.29, 1.82) is 0 Å². The van der Waals surface area contributed by atoms with Crippen molar-refractivity contribution in [2.24, 2.45) is 0 Å². The Morgan fingerprint density at radius 3 is 2.79 bits per heavy atom. The Labute approximate surface area is 110 Å². The number of nitrogens with two attached hydrogens (primary N) is 1. The lowest BCUT2D eigenvalue weighted by Gasteiger charge is -2.10. The number of fused-ring (bicyclic) bond motifs is 1. The third-order valence-electron chi connectivity index (χ3n) is 3.16. The number of rotatable bonds is 1. The standard InChI is InChI=1S/C15H13N3O/c1-10-6-7-11(16)8-14(10)18-9-17-13-5-3-2-4-12(13)15(18)19/h2-9H,16H2,1H3. The van der Waals surface area contributed by atoms with E-state index in [1.54, 1.807) is 18.5 Å². The molecule has 94 valence electrons. The number of para-hydroxylation sites is 1. The van der Waals surface area contributed by atoms with E-state index in [1.165, 1.54) is 4.57 Å². The Kier molecular flexibility index (Phi) is 2.56. The fourth-order valence-corrected chi connectivity index (χ4v) is 2.13. The second-order valence-electron chi connectivity index (χ2n) is 4.48. The van der Waals surface area contributed by atoms with Gasteiger partial charge in [0.2, 0.25) is 0 Å². The van der Waals surface area contributed by atoms with Crippen LogP contribution in [-0.2, 0) is 0 Å². The molecule has 0 atom stereocenters. The molecule has 3 aromatic rings. The molecule has 4 heteroatoms. The van der Waals surface area contributed by atoms with Gasteiger partial charge in [-0.25, -0.2) is 4.98 Å². The van der Waals surface area contributed by atoms with Gasteiger partial charge < -0.3 is 5.73 Å². The predicted molar refractivity (Wildman–Crippen MR) is 76.5 cm³/mol. The van der Waals surface area contributed by atoms with Crippen LogP contribution in [0.5, 0.6) is 0 Å². The summed E-state index contributed by atoms with van der Waals surface area (Å²) in [6, 6.07) is 12.8. The predicted octanol–water partition coefficient (Wildman–Crippen LogP) is 2.28. The fourth-order valence-electron chi connectivity index (χ4n) is 2.13. The molecule has 0 spiro atoms. The smallest absolute Gasteiger partial charge is 0.265 e. The number of nitrogen functional groups attached to an aromatic ring is 1. The van der Waals surface area contributed by atoms with Gasteiger partial charge in [0, 0.05) is 5.69 Å². The first-order valence-corrected chi connectivity index (χ1v) is 6.00. The highest BCUT2D eigenvalue weighted by atomic mass is 16.1. The number of benzene rings is 2. The van der Waals surface area contributed by atoms with Gasteiger partial charge in [-0.1, -0.05) is 18.2 Å². The van der Waals surface area contributed by atoms with Crippen LogP contribution in [0, 0.1) is 6.92 Å². The van der Waals surface area contributed by atoms with E-state index in [1.807, 2.05) is 37.3 Å². The molecule has 0 unspecified atom stereocenters. The van der Waals surface area contributed by atoms with Crippen LogP contribution < -0.4 is 11.3 Å². The van der Waals surface area contributed by atoms with E-state index in [4.69, 9.17) is 5.73 Å². The third-order valence-corrected chi connectivity index (χ3v) is 3.16. The molecule has 2 aromatic carbocycles. The van der Waals surface area contributed by atoms with E-state index < -0.39 is 0 Å². The number of nitrogens with zero attached hydrogens (tertiary/aromatic N) is 2. The summed E-state index contributed by atoms with van der Waals surface area (Å²) >= 11 is 0. The van der Waals surface area contributed by atoms with Gasteiger partial charge in [0.15, 0.2) is 0 Å². The van der Waals surface area contributed by atoms with E-state index in [-0.39, 0.29) is 5.56 Å². The normalized spacial score (nSPS) is 10.8. The van der Waals surface area contributed by atoms with Crippen molar-refractivity contribution in [3.05, 3.63) is 64.7 Å². The van der Waals surface area contributed by atoms with Crippen molar-refractivity contribution in [2.45, 2.75) is 6.92 Å². The Balaban J connectivity index is 2.35. The highest BCUT2D eigenvalue weighted by Gasteiger charge is 2.07. The summed E-state index contributed by atoms with van der Waals surface area (Å²) in [5.74, 6) is 0. The summed E-state index contributed by atoms with van der Waals surface area (Å²) in [6.07, 6.45) is 1.55. The van der Waals surface area contributed by atoms with E-state index in [2.05, 4.69) is 4.98 Å². The summed E-state index contributed by atoms with van der Waals surface area (Å²) in [7, 11) is 0. The first-order chi connectivity index (χ1) is 9.16. The Hall–Kier alpha value is -2.62. The van der Waals surface area contributed by atoms with Crippen LogP contribution in [-0.4, -0.2) is 9.55 Å². The summed E-state index contributed by atoms with van der Waals surface area (Å²) in [5.41, 5.74) is 8.78. The SMILES string of the molecule is Cc1ccc(N)cc1-n1cnc2ccccc2c1=O. The van der Waals surface area contributed by atoms with Crippen LogP contribution >= 0.6 is 0 Å². The average Bonchev–Trinajstić information content (AvgIpc) is 2.43. The molecule has 1 heterocycles. The topological polar surface area (TPSA) is 60.9 Å². The van der Waals surface area contributed by atoms with Crippen molar-refractivity contribution in [3.8, 4) is 5.69 Å². The van der Waals surface area contributed by atoms with Crippen LogP contribution in [0.25, 0.3) is 16.6 Å². The van der Waals surface area contributed by atoms with E-state index in [0.29, 0.717) is 16.6 Å². The summed E-state index contributed by atoms with van der Waals surface area (Å²) in [5, 5.41) is 0.604. The minimum Gasteiger partial charge on any atom is -0.399 e. The van der Waals surface area contributed by atoms with Crippen molar-refractivity contribution >= 4 is 16.6 Å². The molecule has 1 aromatic heterocycles. The molecule has 0 aliphatic rings. The molecule has 19 heavy (non-hydrogen) atoms. The molecule has 0 radical (unpaired) electrons. The maximum atomic E-state index is 12.5. The van der Waals surface area contributed by atoms with Gasteiger partial charge in [-0.3, -0.25) is 9.36 Å². The maximum absolute atomic E-state index is 12.5. The second-order valence-corrected chi connectivity index (χ2v) is 4.48. The lowest BCUT2D eigenvalue weighted by atomic mass is 10.1. The molecule has 4 nitrogen and oxygen atoms in total. The first-order valence-electron chi connectivity index (χ1n) is 6.00. The molecule has 0 amide bonds. The van der Waals surface area contributed by atoms with Gasteiger partial charge in [-0.2, -0.15) is 0 Å². The number of aryl methyl sites for hydroxylation is 1. The second kappa shape index (κ2) is 4.24. The molecule has 0 aliphatic carbocycles. The lowest BCUT2D eigenvalue weighted by molar-refractivity contribution is 0.953. The number of anilines is 1. The minimum atomic E-state index is -0.0840. The van der Waals surface area contributed by atoms with Gasteiger partial charge in [0.1, 0.15) is 6.33 Å². The van der Waals surface area contributed by atoms with E-state index >= 15 is 0 Å². The minimum absolute atomic E-state index is 0.0840. The van der Waals surface area contributed by atoms with Crippen molar-refractivity contribution in [1.82, 2.24) is 9.55 Å². The molecule has 0 saturated heterocycles. The van der Waals surface area contributed by atoms with Gasteiger partial charge in [0.05, 0.1) is 16.6 Å². The Bertz CT molecular complexity index is 821. The highest BCUT2D eigenvalue weighted by Crippen LogP contribution is 2.16. The molecule has 0 bridgehead atoms. The highest BCUT2D eigenvalue weighted by molar-refractivity contribution is 5.77. The van der Waals surface area contributed by atoms with Crippen LogP contribution in [0.3, 0.4) is 0 Å². The Morgan fingerprint density at radius 1 is 1.16 bits per heavy atom. The van der Waals surface area contributed by atoms with Crippen LogP contribution in [0.1, 0.15) is 5.56 Å². The molecular formula is C15H13N3O. The zero-order valence-electron chi connectivity index (χ0n) is 10.5. The van der Waals surface area contributed by atoms with E-state index in [9.17, 15) is 4.79 Å². The fraction of sp³-hybridized carbons (Fsp3) is 0.0667. The first kappa shape index (κ1) is 11.5.